The normalized spacial score (nSPS) is 12.5. The van der Waals surface area contributed by atoms with Crippen molar-refractivity contribution in [1.82, 2.24) is 4.98 Å². The van der Waals surface area contributed by atoms with Gasteiger partial charge in [0.15, 0.2) is 5.13 Å². The van der Waals surface area contributed by atoms with Gasteiger partial charge in [0, 0.05) is 0 Å². The maximum atomic E-state index is 13.0. The first-order valence-electron chi connectivity index (χ1n) is 6.74. The third-order valence-electron chi connectivity index (χ3n) is 3.32. The molecule has 24 heavy (non-hydrogen) atoms. The zero-order valence-corrected chi connectivity index (χ0v) is 13.9. The van der Waals surface area contributed by atoms with E-state index in [9.17, 15) is 21.6 Å². The number of alkyl halides is 3. The van der Waals surface area contributed by atoms with Gasteiger partial charge in [-0.1, -0.05) is 35.6 Å². The highest BCUT2D eigenvalue weighted by atomic mass is 32.2. The van der Waals surface area contributed by atoms with Crippen LogP contribution >= 0.6 is 11.3 Å². The fourth-order valence-electron chi connectivity index (χ4n) is 2.23. The number of rotatable bonds is 3. The second kappa shape index (κ2) is 5.75. The average molecular weight is 372 g/mol. The Morgan fingerprint density at radius 2 is 1.79 bits per heavy atom. The summed E-state index contributed by atoms with van der Waals surface area (Å²) in [6.45, 7) is 1.82. The molecule has 0 atom stereocenters. The average Bonchev–Trinajstić information content (AvgIpc) is 2.89. The van der Waals surface area contributed by atoms with Crippen LogP contribution in [0.3, 0.4) is 0 Å². The molecular weight excluding hydrogens is 361 g/mol. The van der Waals surface area contributed by atoms with E-state index < -0.39 is 26.7 Å². The fourth-order valence-corrected chi connectivity index (χ4v) is 4.64. The van der Waals surface area contributed by atoms with Crippen LogP contribution in [0.4, 0.5) is 18.3 Å². The van der Waals surface area contributed by atoms with Gasteiger partial charge in [-0.15, -0.1) is 0 Å². The summed E-state index contributed by atoms with van der Waals surface area (Å²) in [5.74, 6) is 0. The number of aryl methyl sites for hydroxylation is 1. The van der Waals surface area contributed by atoms with Crippen LogP contribution < -0.4 is 4.72 Å². The monoisotopic (exact) mass is 372 g/mol. The lowest BCUT2D eigenvalue weighted by Crippen LogP contribution is -2.18. The third-order valence-corrected chi connectivity index (χ3v) is 5.79. The minimum absolute atomic E-state index is 0.0243. The molecule has 0 spiro atoms. The molecule has 0 saturated heterocycles. The van der Waals surface area contributed by atoms with Crippen molar-refractivity contribution < 1.29 is 21.6 Å². The van der Waals surface area contributed by atoms with E-state index in [-0.39, 0.29) is 5.13 Å². The van der Waals surface area contributed by atoms with Gasteiger partial charge in [-0.2, -0.15) is 13.2 Å². The zero-order chi connectivity index (χ0) is 17.5. The number of benzene rings is 2. The Kier molecular flexibility index (Phi) is 4.00. The Morgan fingerprint density at radius 3 is 2.46 bits per heavy atom. The van der Waals surface area contributed by atoms with Crippen molar-refractivity contribution >= 4 is 36.7 Å². The first-order valence-corrected chi connectivity index (χ1v) is 9.04. The van der Waals surface area contributed by atoms with E-state index in [1.165, 1.54) is 6.07 Å². The van der Waals surface area contributed by atoms with Crippen LogP contribution in [-0.2, 0) is 16.2 Å². The molecule has 3 rings (SSSR count). The molecule has 9 heteroatoms. The van der Waals surface area contributed by atoms with Crippen LogP contribution in [0.1, 0.15) is 11.1 Å². The number of aromatic nitrogens is 1. The molecule has 1 aromatic heterocycles. The number of hydrogen-bond donors (Lipinski definition) is 1. The summed E-state index contributed by atoms with van der Waals surface area (Å²) in [7, 11) is -4.41. The van der Waals surface area contributed by atoms with Crippen molar-refractivity contribution in [1.29, 1.82) is 0 Å². The van der Waals surface area contributed by atoms with Crippen LogP contribution in [0.15, 0.2) is 47.4 Å². The first-order chi connectivity index (χ1) is 11.2. The SMILES string of the molecule is Cc1cccc2sc(NS(=O)(=O)c3ccccc3C(F)(F)F)nc12. The van der Waals surface area contributed by atoms with E-state index in [2.05, 4.69) is 9.71 Å². The van der Waals surface area contributed by atoms with Crippen molar-refractivity contribution in [2.75, 3.05) is 4.72 Å². The molecule has 3 aromatic rings. The standard InChI is InChI=1S/C15H11F3N2O2S2/c1-9-5-4-7-11-13(9)19-14(23-11)20-24(21,22)12-8-3-2-6-10(12)15(16,17)18/h2-8H,1H3,(H,19,20). The summed E-state index contributed by atoms with van der Waals surface area (Å²) in [6.07, 6.45) is -4.77. The molecule has 0 aliphatic rings. The van der Waals surface area contributed by atoms with E-state index >= 15 is 0 Å². The van der Waals surface area contributed by atoms with Gasteiger partial charge in [-0.3, -0.25) is 4.72 Å². The lowest BCUT2D eigenvalue weighted by Gasteiger charge is -2.13. The van der Waals surface area contributed by atoms with E-state index in [1.54, 1.807) is 12.1 Å². The predicted octanol–water partition coefficient (Wildman–Crippen LogP) is 4.42. The molecule has 1 N–H and O–H groups in total. The van der Waals surface area contributed by atoms with E-state index in [1.807, 2.05) is 13.0 Å². The van der Waals surface area contributed by atoms with Gasteiger partial charge in [0.25, 0.3) is 10.0 Å². The molecule has 0 saturated carbocycles. The molecule has 0 aliphatic carbocycles. The van der Waals surface area contributed by atoms with Gasteiger partial charge in [-0.05, 0) is 30.7 Å². The summed E-state index contributed by atoms with van der Waals surface area (Å²) < 4.78 is 66.8. The van der Waals surface area contributed by atoms with Gasteiger partial charge in [0.05, 0.1) is 20.7 Å². The van der Waals surface area contributed by atoms with Crippen LogP contribution in [0.2, 0.25) is 0 Å². The zero-order valence-electron chi connectivity index (χ0n) is 12.3. The molecule has 1 heterocycles. The number of thiazole rings is 1. The number of hydrogen-bond acceptors (Lipinski definition) is 4. The molecule has 0 bridgehead atoms. The molecule has 0 amide bonds. The summed E-state index contributed by atoms with van der Waals surface area (Å²) >= 11 is 1.06. The summed E-state index contributed by atoms with van der Waals surface area (Å²) in [6, 6.07) is 9.42. The maximum absolute atomic E-state index is 13.0. The lowest BCUT2D eigenvalue weighted by atomic mass is 10.2. The molecule has 0 unspecified atom stereocenters. The van der Waals surface area contributed by atoms with Gasteiger partial charge in [0.2, 0.25) is 0 Å². The van der Waals surface area contributed by atoms with Gasteiger partial charge >= 0.3 is 6.18 Å². The van der Waals surface area contributed by atoms with Crippen molar-refractivity contribution in [3.63, 3.8) is 0 Å². The number of sulfonamides is 1. The minimum atomic E-state index is -4.77. The molecule has 2 aromatic carbocycles. The quantitative estimate of drug-likeness (QED) is 0.740. The Morgan fingerprint density at radius 1 is 1.08 bits per heavy atom. The highest BCUT2D eigenvalue weighted by Crippen LogP contribution is 2.35. The molecule has 126 valence electrons. The topological polar surface area (TPSA) is 59.1 Å². The van der Waals surface area contributed by atoms with Crippen LogP contribution in [0, 0.1) is 6.92 Å². The predicted molar refractivity (Wildman–Crippen MR) is 86.6 cm³/mol. The number of anilines is 1. The molecule has 0 radical (unpaired) electrons. The summed E-state index contributed by atoms with van der Waals surface area (Å²) in [4.78, 5) is 3.34. The second-order valence-electron chi connectivity index (χ2n) is 5.04. The number of nitrogens with zero attached hydrogens (tertiary/aromatic N) is 1. The summed E-state index contributed by atoms with van der Waals surface area (Å²) in [5.41, 5.74) is 0.254. The number of para-hydroxylation sites is 1. The van der Waals surface area contributed by atoms with Crippen molar-refractivity contribution in [3.8, 4) is 0 Å². The molecule has 0 fully saturated rings. The highest BCUT2D eigenvalue weighted by Gasteiger charge is 2.37. The Labute approximate surface area is 140 Å². The Bertz CT molecular complexity index is 1010. The number of nitrogens with one attached hydrogen (secondary N) is 1. The highest BCUT2D eigenvalue weighted by molar-refractivity contribution is 7.93. The van der Waals surface area contributed by atoms with Gasteiger partial charge in [0.1, 0.15) is 0 Å². The maximum Gasteiger partial charge on any atom is 0.417 e. The van der Waals surface area contributed by atoms with E-state index in [0.29, 0.717) is 5.52 Å². The van der Waals surface area contributed by atoms with Gasteiger partial charge in [-0.25, -0.2) is 13.4 Å². The number of halogens is 3. The molecule has 0 aliphatic heterocycles. The van der Waals surface area contributed by atoms with E-state index in [4.69, 9.17) is 0 Å². The Hall–Kier alpha value is -2.13. The van der Waals surface area contributed by atoms with Crippen molar-refractivity contribution in [3.05, 3.63) is 53.6 Å². The van der Waals surface area contributed by atoms with Crippen molar-refractivity contribution in [2.45, 2.75) is 18.0 Å². The largest absolute Gasteiger partial charge is 0.417 e. The molecule has 4 nitrogen and oxygen atoms in total. The summed E-state index contributed by atoms with van der Waals surface area (Å²) in [5, 5.41) is 0.0243. The van der Waals surface area contributed by atoms with Gasteiger partial charge < -0.3 is 0 Å². The minimum Gasteiger partial charge on any atom is -0.255 e. The third kappa shape index (κ3) is 3.09. The van der Waals surface area contributed by atoms with Crippen molar-refractivity contribution in [2.24, 2.45) is 0 Å². The Balaban J connectivity index is 2.04. The van der Waals surface area contributed by atoms with Crippen LogP contribution in [-0.4, -0.2) is 13.4 Å². The van der Waals surface area contributed by atoms with Crippen LogP contribution in [0.25, 0.3) is 10.2 Å². The first kappa shape index (κ1) is 16.7. The smallest absolute Gasteiger partial charge is 0.255 e. The van der Waals surface area contributed by atoms with Crippen LogP contribution in [0.5, 0.6) is 0 Å². The fraction of sp³-hybridized carbons (Fsp3) is 0.133. The number of fused-ring (bicyclic) bond motifs is 1. The molecular formula is C15H11F3N2O2S2. The second-order valence-corrected chi connectivity index (χ2v) is 7.72. The lowest BCUT2D eigenvalue weighted by molar-refractivity contribution is -0.139. The van der Waals surface area contributed by atoms with E-state index in [0.717, 1.165) is 39.8 Å².